The largest absolute Gasteiger partial charge is 0.489 e. The smallest absolute Gasteiger partial charge is 0.124 e. The first-order valence-electron chi connectivity index (χ1n) is 6.72. The Bertz CT molecular complexity index is 664. The van der Waals surface area contributed by atoms with Crippen LogP contribution in [0.3, 0.4) is 0 Å². The summed E-state index contributed by atoms with van der Waals surface area (Å²) in [5, 5.41) is 12.0. The fraction of sp³-hybridized carbons (Fsp3) is 0.235. The maximum absolute atomic E-state index is 13.4. The Morgan fingerprint density at radius 2 is 2.10 bits per heavy atom. The van der Waals surface area contributed by atoms with Gasteiger partial charge in [0.2, 0.25) is 0 Å². The van der Waals surface area contributed by atoms with Gasteiger partial charge in [-0.05, 0) is 49.9 Å². The predicted molar refractivity (Wildman–Crippen MR) is 79.4 cm³/mol. The van der Waals surface area contributed by atoms with Crippen LogP contribution in [0.1, 0.15) is 29.7 Å². The highest BCUT2D eigenvalue weighted by Gasteiger charge is 2.11. The van der Waals surface area contributed by atoms with Crippen molar-refractivity contribution in [3.8, 4) is 11.8 Å². The molecule has 3 nitrogen and oxygen atoms in total. The van der Waals surface area contributed by atoms with Crippen LogP contribution in [0, 0.1) is 17.1 Å². The van der Waals surface area contributed by atoms with Crippen molar-refractivity contribution < 1.29 is 9.13 Å². The number of halogens is 1. The number of nitriles is 1. The quantitative estimate of drug-likeness (QED) is 0.913. The molecule has 2 rings (SSSR count). The highest BCUT2D eigenvalue weighted by Crippen LogP contribution is 2.26. The van der Waals surface area contributed by atoms with Crippen LogP contribution in [-0.2, 0) is 6.61 Å². The summed E-state index contributed by atoms with van der Waals surface area (Å²) < 4.78 is 19.2. The van der Waals surface area contributed by atoms with E-state index in [9.17, 15) is 4.39 Å². The maximum Gasteiger partial charge on any atom is 0.124 e. The summed E-state index contributed by atoms with van der Waals surface area (Å²) in [6, 6.07) is 13.8. The number of hydrogen-bond acceptors (Lipinski definition) is 3. The molecule has 0 amide bonds. The van der Waals surface area contributed by atoms with Crippen molar-refractivity contribution in [1.29, 1.82) is 5.26 Å². The van der Waals surface area contributed by atoms with Gasteiger partial charge in [0.1, 0.15) is 18.2 Å². The third kappa shape index (κ3) is 3.80. The molecule has 0 spiro atoms. The molecule has 0 fully saturated rings. The zero-order valence-corrected chi connectivity index (χ0v) is 12.1. The van der Waals surface area contributed by atoms with Gasteiger partial charge in [-0.1, -0.05) is 12.1 Å². The molecule has 0 aromatic heterocycles. The van der Waals surface area contributed by atoms with E-state index in [2.05, 4.69) is 11.4 Å². The fourth-order valence-electron chi connectivity index (χ4n) is 2.04. The van der Waals surface area contributed by atoms with Gasteiger partial charge in [0, 0.05) is 11.6 Å². The number of ether oxygens (including phenoxy) is 1. The Morgan fingerprint density at radius 3 is 2.81 bits per heavy atom. The molecule has 0 aliphatic rings. The van der Waals surface area contributed by atoms with Gasteiger partial charge < -0.3 is 10.1 Å². The minimum absolute atomic E-state index is 0.0128. The minimum Gasteiger partial charge on any atom is -0.489 e. The van der Waals surface area contributed by atoms with Crippen molar-refractivity contribution in [2.75, 3.05) is 7.05 Å². The monoisotopic (exact) mass is 284 g/mol. The molecule has 0 aliphatic carbocycles. The molecule has 0 saturated heterocycles. The van der Waals surface area contributed by atoms with Gasteiger partial charge >= 0.3 is 0 Å². The summed E-state index contributed by atoms with van der Waals surface area (Å²) in [5.74, 6) is 0.353. The normalized spacial score (nSPS) is 11.7. The molecule has 0 aliphatic heterocycles. The first kappa shape index (κ1) is 15.0. The predicted octanol–water partition coefficient (Wildman–Crippen LogP) is 3.56. The van der Waals surface area contributed by atoms with Crippen LogP contribution >= 0.6 is 0 Å². The standard InChI is InChI=1S/C17H17FN2O/c1-12(20-2)16-9-15(18)6-7-17(16)21-11-14-5-3-4-13(8-14)10-19/h3-9,12,20H,11H2,1-2H3. The zero-order valence-electron chi connectivity index (χ0n) is 12.1. The molecule has 1 unspecified atom stereocenters. The summed E-state index contributed by atoms with van der Waals surface area (Å²) in [4.78, 5) is 0. The average molecular weight is 284 g/mol. The lowest BCUT2D eigenvalue weighted by molar-refractivity contribution is 0.299. The van der Waals surface area contributed by atoms with E-state index in [0.717, 1.165) is 11.1 Å². The summed E-state index contributed by atoms with van der Waals surface area (Å²) in [5.41, 5.74) is 2.27. The van der Waals surface area contributed by atoms with Gasteiger partial charge in [0.25, 0.3) is 0 Å². The first-order chi connectivity index (χ1) is 10.1. The molecule has 0 radical (unpaired) electrons. The maximum atomic E-state index is 13.4. The molecule has 0 saturated carbocycles. The van der Waals surface area contributed by atoms with Crippen molar-refractivity contribution in [3.63, 3.8) is 0 Å². The summed E-state index contributed by atoms with van der Waals surface area (Å²) in [6.45, 7) is 2.28. The van der Waals surface area contributed by atoms with Crippen LogP contribution < -0.4 is 10.1 Å². The van der Waals surface area contributed by atoms with E-state index in [1.807, 2.05) is 26.1 Å². The number of rotatable bonds is 5. The third-order valence-electron chi connectivity index (χ3n) is 3.32. The van der Waals surface area contributed by atoms with E-state index in [-0.39, 0.29) is 11.9 Å². The molecule has 0 bridgehead atoms. The van der Waals surface area contributed by atoms with E-state index in [0.29, 0.717) is 17.9 Å². The van der Waals surface area contributed by atoms with E-state index in [1.54, 1.807) is 18.2 Å². The molecule has 2 aromatic carbocycles. The van der Waals surface area contributed by atoms with Crippen molar-refractivity contribution in [2.24, 2.45) is 0 Å². The Balaban J connectivity index is 2.18. The van der Waals surface area contributed by atoms with Crippen LogP contribution in [0.25, 0.3) is 0 Å². The van der Waals surface area contributed by atoms with Gasteiger partial charge in [0.05, 0.1) is 11.6 Å². The third-order valence-corrected chi connectivity index (χ3v) is 3.32. The van der Waals surface area contributed by atoms with Gasteiger partial charge in [-0.3, -0.25) is 0 Å². The Kier molecular flexibility index (Phi) is 4.91. The second-order valence-electron chi connectivity index (χ2n) is 4.79. The summed E-state index contributed by atoms with van der Waals surface area (Å²) in [6.07, 6.45) is 0. The summed E-state index contributed by atoms with van der Waals surface area (Å²) >= 11 is 0. The number of nitrogens with zero attached hydrogens (tertiary/aromatic N) is 1. The SMILES string of the molecule is CNC(C)c1cc(F)ccc1OCc1cccc(C#N)c1. The lowest BCUT2D eigenvalue weighted by Crippen LogP contribution is -2.14. The molecule has 2 aromatic rings. The first-order valence-corrected chi connectivity index (χ1v) is 6.72. The van der Waals surface area contributed by atoms with Gasteiger partial charge in [0.15, 0.2) is 0 Å². The lowest BCUT2D eigenvalue weighted by atomic mass is 10.1. The van der Waals surface area contributed by atoms with Crippen molar-refractivity contribution in [1.82, 2.24) is 5.32 Å². The van der Waals surface area contributed by atoms with Crippen LogP contribution in [-0.4, -0.2) is 7.05 Å². The van der Waals surface area contributed by atoms with Crippen LogP contribution in [0.2, 0.25) is 0 Å². The lowest BCUT2D eigenvalue weighted by Gasteiger charge is -2.16. The van der Waals surface area contributed by atoms with E-state index < -0.39 is 0 Å². The molecule has 1 N–H and O–H groups in total. The molecule has 0 heterocycles. The van der Waals surface area contributed by atoms with Crippen molar-refractivity contribution in [2.45, 2.75) is 19.6 Å². The second kappa shape index (κ2) is 6.87. The average Bonchev–Trinajstić information content (AvgIpc) is 2.53. The molecule has 4 heteroatoms. The highest BCUT2D eigenvalue weighted by atomic mass is 19.1. The topological polar surface area (TPSA) is 45.0 Å². The molecule has 108 valence electrons. The molecular formula is C17H17FN2O. The van der Waals surface area contributed by atoms with Crippen LogP contribution in [0.15, 0.2) is 42.5 Å². The minimum atomic E-state index is -0.286. The fourth-order valence-corrected chi connectivity index (χ4v) is 2.04. The van der Waals surface area contributed by atoms with Crippen LogP contribution in [0.4, 0.5) is 4.39 Å². The van der Waals surface area contributed by atoms with Gasteiger partial charge in [-0.15, -0.1) is 0 Å². The van der Waals surface area contributed by atoms with Crippen LogP contribution in [0.5, 0.6) is 5.75 Å². The zero-order chi connectivity index (χ0) is 15.2. The second-order valence-corrected chi connectivity index (χ2v) is 4.79. The van der Waals surface area contributed by atoms with Crippen molar-refractivity contribution in [3.05, 3.63) is 65.0 Å². The van der Waals surface area contributed by atoms with E-state index in [4.69, 9.17) is 10.00 Å². The van der Waals surface area contributed by atoms with Crippen molar-refractivity contribution >= 4 is 0 Å². The van der Waals surface area contributed by atoms with E-state index >= 15 is 0 Å². The van der Waals surface area contributed by atoms with Gasteiger partial charge in [-0.25, -0.2) is 4.39 Å². The van der Waals surface area contributed by atoms with Gasteiger partial charge in [-0.2, -0.15) is 5.26 Å². The molecular weight excluding hydrogens is 267 g/mol. The highest BCUT2D eigenvalue weighted by molar-refractivity contribution is 5.37. The number of nitrogens with one attached hydrogen (secondary N) is 1. The molecule has 21 heavy (non-hydrogen) atoms. The Morgan fingerprint density at radius 1 is 1.29 bits per heavy atom. The Hall–Kier alpha value is -2.38. The number of hydrogen-bond donors (Lipinski definition) is 1. The summed E-state index contributed by atoms with van der Waals surface area (Å²) in [7, 11) is 1.82. The Labute approximate surface area is 124 Å². The van der Waals surface area contributed by atoms with E-state index in [1.165, 1.54) is 12.1 Å². The number of benzene rings is 2. The molecule has 1 atom stereocenters.